The number of ether oxygens (including phenoxy) is 1. The lowest BCUT2D eigenvalue weighted by Crippen LogP contribution is -2.13. The number of benzene rings is 2. The van der Waals surface area contributed by atoms with E-state index in [0.29, 0.717) is 5.69 Å². The van der Waals surface area contributed by atoms with E-state index in [1.165, 1.54) is 6.92 Å². The van der Waals surface area contributed by atoms with Gasteiger partial charge in [0.25, 0.3) is 0 Å². The van der Waals surface area contributed by atoms with E-state index in [1.807, 2.05) is 48.5 Å². The Kier molecular flexibility index (Phi) is 5.27. The van der Waals surface area contributed by atoms with Crippen molar-refractivity contribution in [3.63, 3.8) is 0 Å². The van der Waals surface area contributed by atoms with Crippen LogP contribution in [-0.4, -0.2) is 25.4 Å². The number of amides is 1. The van der Waals surface area contributed by atoms with Crippen molar-refractivity contribution in [3.05, 3.63) is 59.7 Å². The van der Waals surface area contributed by atoms with Crippen LogP contribution in [0.3, 0.4) is 0 Å². The number of carbonyl (C=O) groups excluding carboxylic acids is 1. The number of nitrogens with two attached hydrogens (primary N) is 1. The van der Waals surface area contributed by atoms with E-state index in [9.17, 15) is 4.79 Å². The third kappa shape index (κ3) is 3.71. The molecule has 0 unspecified atom stereocenters. The maximum Gasteiger partial charge on any atom is 0.221 e. The molecule has 0 heterocycles. The number of carbonyl (C=O) groups is 1. The lowest BCUT2D eigenvalue weighted by molar-refractivity contribution is -0.114. The number of anilines is 1. The van der Waals surface area contributed by atoms with Gasteiger partial charge in [-0.05, 0) is 30.3 Å². The van der Waals surface area contributed by atoms with Crippen LogP contribution in [0, 0.1) is 0 Å². The molecular formula is C17H19N3O2. The molecule has 0 aliphatic heterocycles. The largest absolute Gasteiger partial charge is 0.497 e. The van der Waals surface area contributed by atoms with Gasteiger partial charge in [0.05, 0.1) is 25.2 Å². The van der Waals surface area contributed by atoms with Crippen molar-refractivity contribution in [3.8, 4) is 5.75 Å². The van der Waals surface area contributed by atoms with Crippen LogP contribution in [0.2, 0.25) is 0 Å². The van der Waals surface area contributed by atoms with Gasteiger partial charge in [0, 0.05) is 18.1 Å². The predicted molar refractivity (Wildman–Crippen MR) is 88.4 cm³/mol. The van der Waals surface area contributed by atoms with Crippen LogP contribution in [0.4, 0.5) is 5.69 Å². The van der Waals surface area contributed by atoms with Gasteiger partial charge in [0.15, 0.2) is 0 Å². The molecule has 5 heteroatoms. The monoisotopic (exact) mass is 297 g/mol. The zero-order chi connectivity index (χ0) is 15.9. The first kappa shape index (κ1) is 15.7. The van der Waals surface area contributed by atoms with E-state index >= 15 is 0 Å². The summed E-state index contributed by atoms with van der Waals surface area (Å²) in [6.07, 6.45) is 0. The maximum absolute atomic E-state index is 11.4. The Balaban J connectivity index is 2.48. The second-order valence-electron chi connectivity index (χ2n) is 4.64. The Morgan fingerprint density at radius 1 is 1.18 bits per heavy atom. The summed E-state index contributed by atoms with van der Waals surface area (Å²) in [7, 11) is 1.62. The zero-order valence-corrected chi connectivity index (χ0v) is 12.7. The molecule has 0 fully saturated rings. The first-order chi connectivity index (χ1) is 10.7. The van der Waals surface area contributed by atoms with E-state index in [0.717, 1.165) is 22.6 Å². The van der Waals surface area contributed by atoms with Gasteiger partial charge in [0.2, 0.25) is 5.91 Å². The molecule has 0 spiro atoms. The molecule has 2 aromatic carbocycles. The minimum absolute atomic E-state index is 0.130. The highest BCUT2D eigenvalue weighted by Crippen LogP contribution is 2.21. The molecular weight excluding hydrogens is 278 g/mol. The Morgan fingerprint density at radius 2 is 1.86 bits per heavy atom. The number of nitrogens with one attached hydrogen (secondary N) is 1. The molecule has 0 atom stereocenters. The third-order valence-electron chi connectivity index (χ3n) is 3.11. The fraction of sp³-hybridized carbons (Fsp3) is 0.176. The van der Waals surface area contributed by atoms with Gasteiger partial charge < -0.3 is 15.8 Å². The number of methoxy groups -OCH3 is 1. The van der Waals surface area contributed by atoms with Gasteiger partial charge in [0.1, 0.15) is 5.75 Å². The van der Waals surface area contributed by atoms with E-state index < -0.39 is 0 Å². The smallest absolute Gasteiger partial charge is 0.221 e. The molecule has 5 nitrogen and oxygen atoms in total. The van der Waals surface area contributed by atoms with E-state index in [1.54, 1.807) is 7.11 Å². The third-order valence-corrected chi connectivity index (χ3v) is 3.11. The van der Waals surface area contributed by atoms with Gasteiger partial charge in [-0.2, -0.15) is 0 Å². The number of rotatable bonds is 5. The standard InChI is InChI=1S/C17H19N3O2/c1-12(21)20-16-6-4-3-5-15(16)17(19-11-18)13-7-9-14(22-2)10-8-13/h3-10H,11,18H2,1-2H3,(H,20,21)/b19-17-. The normalized spacial score (nSPS) is 11.1. The summed E-state index contributed by atoms with van der Waals surface area (Å²) >= 11 is 0. The van der Waals surface area contributed by atoms with Crippen LogP contribution in [0.25, 0.3) is 0 Å². The average Bonchev–Trinajstić information content (AvgIpc) is 2.53. The topological polar surface area (TPSA) is 76.7 Å². The zero-order valence-electron chi connectivity index (χ0n) is 12.7. The molecule has 0 radical (unpaired) electrons. The first-order valence-corrected chi connectivity index (χ1v) is 6.91. The van der Waals surface area contributed by atoms with Gasteiger partial charge in [-0.25, -0.2) is 0 Å². The van der Waals surface area contributed by atoms with Gasteiger partial charge in [-0.15, -0.1) is 0 Å². The van der Waals surface area contributed by atoms with Crippen LogP contribution in [0.15, 0.2) is 53.5 Å². The van der Waals surface area contributed by atoms with Crippen LogP contribution in [0.1, 0.15) is 18.1 Å². The highest BCUT2D eigenvalue weighted by atomic mass is 16.5. The van der Waals surface area contributed by atoms with Crippen molar-refractivity contribution in [2.75, 3.05) is 19.1 Å². The Hall–Kier alpha value is -2.66. The molecule has 0 bridgehead atoms. The Bertz CT molecular complexity index is 679. The van der Waals surface area contributed by atoms with Crippen LogP contribution in [0.5, 0.6) is 5.75 Å². The number of hydrogen-bond donors (Lipinski definition) is 2. The van der Waals surface area contributed by atoms with Crippen LogP contribution in [-0.2, 0) is 4.79 Å². The Labute approximate surface area is 129 Å². The predicted octanol–water partition coefficient (Wildman–Crippen LogP) is 2.41. The summed E-state index contributed by atoms with van der Waals surface area (Å²) in [6.45, 7) is 1.64. The molecule has 2 aromatic rings. The quantitative estimate of drug-likeness (QED) is 0.832. The molecule has 0 aliphatic carbocycles. The van der Waals surface area contributed by atoms with E-state index in [4.69, 9.17) is 10.5 Å². The first-order valence-electron chi connectivity index (χ1n) is 6.91. The molecule has 0 saturated carbocycles. The highest BCUT2D eigenvalue weighted by Gasteiger charge is 2.12. The summed E-state index contributed by atoms with van der Waals surface area (Å²) in [5.41, 5.74) is 8.78. The summed E-state index contributed by atoms with van der Waals surface area (Å²) in [4.78, 5) is 15.8. The molecule has 0 aromatic heterocycles. The second kappa shape index (κ2) is 7.38. The van der Waals surface area contributed by atoms with Crippen molar-refractivity contribution in [2.45, 2.75) is 6.92 Å². The SMILES string of the molecule is COc1ccc(/C(=N/CN)c2ccccc2NC(C)=O)cc1. The van der Waals surface area contributed by atoms with E-state index in [2.05, 4.69) is 10.3 Å². The Morgan fingerprint density at radius 3 is 2.45 bits per heavy atom. The van der Waals surface area contributed by atoms with Crippen molar-refractivity contribution in [1.29, 1.82) is 0 Å². The number of para-hydroxylation sites is 1. The minimum atomic E-state index is -0.130. The van der Waals surface area contributed by atoms with Crippen molar-refractivity contribution < 1.29 is 9.53 Å². The number of nitrogens with zero attached hydrogens (tertiary/aromatic N) is 1. The van der Waals surface area contributed by atoms with Crippen molar-refractivity contribution in [1.82, 2.24) is 0 Å². The summed E-state index contributed by atoms with van der Waals surface area (Å²) < 4.78 is 5.17. The average molecular weight is 297 g/mol. The van der Waals surface area contributed by atoms with Crippen LogP contribution < -0.4 is 15.8 Å². The molecule has 3 N–H and O–H groups in total. The fourth-order valence-corrected chi connectivity index (χ4v) is 2.16. The molecule has 0 saturated heterocycles. The summed E-state index contributed by atoms with van der Waals surface area (Å²) in [5.74, 6) is 0.639. The fourth-order valence-electron chi connectivity index (χ4n) is 2.16. The van der Waals surface area contributed by atoms with Crippen LogP contribution >= 0.6 is 0 Å². The number of hydrogen-bond acceptors (Lipinski definition) is 4. The second-order valence-corrected chi connectivity index (χ2v) is 4.64. The molecule has 0 aliphatic rings. The molecule has 22 heavy (non-hydrogen) atoms. The van der Waals surface area contributed by atoms with Crippen molar-refractivity contribution in [2.24, 2.45) is 10.7 Å². The lowest BCUT2D eigenvalue weighted by Gasteiger charge is -2.13. The van der Waals surface area contributed by atoms with Crippen molar-refractivity contribution >= 4 is 17.3 Å². The van der Waals surface area contributed by atoms with Gasteiger partial charge in [-0.3, -0.25) is 9.79 Å². The molecule has 2 rings (SSSR count). The summed E-state index contributed by atoms with van der Waals surface area (Å²) in [5, 5.41) is 2.82. The number of aliphatic imine (C=N–C) groups is 1. The molecule has 1 amide bonds. The molecule has 114 valence electrons. The minimum Gasteiger partial charge on any atom is -0.497 e. The van der Waals surface area contributed by atoms with E-state index in [-0.39, 0.29) is 12.6 Å². The van der Waals surface area contributed by atoms with Gasteiger partial charge >= 0.3 is 0 Å². The maximum atomic E-state index is 11.4. The highest BCUT2D eigenvalue weighted by molar-refractivity contribution is 6.17. The summed E-state index contributed by atoms with van der Waals surface area (Å²) in [6, 6.07) is 15.1. The van der Waals surface area contributed by atoms with Gasteiger partial charge in [-0.1, -0.05) is 18.2 Å². The lowest BCUT2D eigenvalue weighted by atomic mass is 10.00.